The maximum Gasteiger partial charge on any atom is 0.233 e. The first-order valence-corrected chi connectivity index (χ1v) is 10.1. The van der Waals surface area contributed by atoms with Crippen LogP contribution in [0.4, 0.5) is 0 Å². The molecule has 0 aliphatic carbocycles. The highest BCUT2D eigenvalue weighted by molar-refractivity contribution is 8.00. The summed E-state index contributed by atoms with van der Waals surface area (Å²) in [6, 6.07) is 9.46. The predicted molar refractivity (Wildman–Crippen MR) is 113 cm³/mol. The van der Waals surface area contributed by atoms with Gasteiger partial charge in [-0.2, -0.15) is 0 Å². The maximum atomic E-state index is 12.6. The lowest BCUT2D eigenvalue weighted by Gasteiger charge is -2.13. The van der Waals surface area contributed by atoms with E-state index in [1.807, 2.05) is 48.7 Å². The number of carbonyl (C=O) groups is 1. The van der Waals surface area contributed by atoms with Crippen LogP contribution >= 0.6 is 11.8 Å². The Kier molecular flexibility index (Phi) is 6.77. The first kappa shape index (κ1) is 20.7. The topological polar surface area (TPSA) is 82.2 Å². The van der Waals surface area contributed by atoms with Gasteiger partial charge < -0.3 is 14.5 Å². The van der Waals surface area contributed by atoms with Gasteiger partial charge in [-0.1, -0.05) is 30.0 Å². The average molecular weight is 413 g/mol. The molecule has 152 valence electrons. The lowest BCUT2D eigenvalue weighted by atomic mass is 10.2. The summed E-state index contributed by atoms with van der Waals surface area (Å²) in [6.07, 6.45) is 3.40. The molecule has 1 aromatic carbocycles. The molecule has 0 saturated heterocycles. The average Bonchev–Trinajstić information content (AvgIpc) is 3.32. The molecule has 0 aliphatic heterocycles. The number of aromatic nitrogens is 3. The molecule has 0 saturated carbocycles. The van der Waals surface area contributed by atoms with Crippen molar-refractivity contribution < 1.29 is 13.9 Å². The zero-order valence-electron chi connectivity index (χ0n) is 16.7. The van der Waals surface area contributed by atoms with Crippen molar-refractivity contribution in [2.45, 2.75) is 37.3 Å². The Morgan fingerprint density at radius 2 is 2.10 bits per heavy atom. The van der Waals surface area contributed by atoms with Crippen LogP contribution in [0.3, 0.4) is 0 Å². The van der Waals surface area contributed by atoms with Crippen LogP contribution in [0, 0.1) is 6.92 Å². The third-order valence-electron chi connectivity index (χ3n) is 4.41. The highest BCUT2D eigenvalue weighted by atomic mass is 32.2. The van der Waals surface area contributed by atoms with Gasteiger partial charge in [0.15, 0.2) is 11.0 Å². The molecule has 2 heterocycles. The molecule has 0 aliphatic rings. The summed E-state index contributed by atoms with van der Waals surface area (Å²) in [7, 11) is 1.63. The lowest BCUT2D eigenvalue weighted by Crippen LogP contribution is -2.30. The Morgan fingerprint density at radius 1 is 1.34 bits per heavy atom. The molecule has 7 nitrogen and oxygen atoms in total. The molecular formula is C21H24N4O3S. The molecule has 0 fully saturated rings. The van der Waals surface area contributed by atoms with Crippen molar-refractivity contribution in [3.63, 3.8) is 0 Å². The third kappa shape index (κ3) is 4.89. The molecule has 0 radical (unpaired) electrons. The Hall–Kier alpha value is -3.00. The maximum absolute atomic E-state index is 12.6. The number of hydrogen-bond donors (Lipinski definition) is 1. The van der Waals surface area contributed by atoms with E-state index in [-0.39, 0.29) is 11.2 Å². The van der Waals surface area contributed by atoms with Crippen molar-refractivity contribution in [2.75, 3.05) is 7.11 Å². The van der Waals surface area contributed by atoms with Crippen LogP contribution in [-0.2, 0) is 17.9 Å². The number of benzene rings is 1. The van der Waals surface area contributed by atoms with E-state index in [0.29, 0.717) is 24.1 Å². The highest BCUT2D eigenvalue weighted by Crippen LogP contribution is 2.29. The largest absolute Gasteiger partial charge is 0.497 e. The molecule has 1 N–H and O–H groups in total. The molecule has 1 unspecified atom stereocenters. The lowest BCUT2D eigenvalue weighted by molar-refractivity contribution is -0.120. The molecule has 1 atom stereocenters. The van der Waals surface area contributed by atoms with Crippen LogP contribution in [0.5, 0.6) is 5.75 Å². The summed E-state index contributed by atoms with van der Waals surface area (Å²) < 4.78 is 12.5. The Bertz CT molecular complexity index is 978. The van der Waals surface area contributed by atoms with Gasteiger partial charge in [-0.05, 0) is 37.6 Å². The Morgan fingerprint density at radius 3 is 2.72 bits per heavy atom. The number of allylic oxidation sites excluding steroid dienone is 1. The van der Waals surface area contributed by atoms with Crippen LogP contribution in [0.15, 0.2) is 58.8 Å². The number of carbonyl (C=O) groups excluding carboxylic acids is 1. The predicted octanol–water partition coefficient (Wildman–Crippen LogP) is 3.84. The van der Waals surface area contributed by atoms with Gasteiger partial charge >= 0.3 is 0 Å². The Labute approximate surface area is 174 Å². The van der Waals surface area contributed by atoms with E-state index in [9.17, 15) is 4.79 Å². The summed E-state index contributed by atoms with van der Waals surface area (Å²) in [5.41, 5.74) is 1.88. The molecule has 3 rings (SSSR count). The van der Waals surface area contributed by atoms with Crippen molar-refractivity contribution >= 4 is 17.7 Å². The Balaban J connectivity index is 1.66. The summed E-state index contributed by atoms with van der Waals surface area (Å²) in [5.74, 6) is 2.18. The molecule has 29 heavy (non-hydrogen) atoms. The molecule has 0 spiro atoms. The summed E-state index contributed by atoms with van der Waals surface area (Å²) >= 11 is 1.36. The number of ether oxygens (including phenoxy) is 1. The zero-order chi connectivity index (χ0) is 20.8. The van der Waals surface area contributed by atoms with Crippen molar-refractivity contribution in [3.05, 3.63) is 60.6 Å². The number of methoxy groups -OCH3 is 1. The zero-order valence-corrected chi connectivity index (χ0v) is 17.5. The second-order valence-corrected chi connectivity index (χ2v) is 7.73. The second kappa shape index (κ2) is 9.47. The van der Waals surface area contributed by atoms with Crippen LogP contribution in [0.25, 0.3) is 11.4 Å². The quantitative estimate of drug-likeness (QED) is 0.425. The summed E-state index contributed by atoms with van der Waals surface area (Å²) in [4.78, 5) is 12.6. The highest BCUT2D eigenvalue weighted by Gasteiger charge is 2.21. The smallest absolute Gasteiger partial charge is 0.233 e. The van der Waals surface area contributed by atoms with E-state index >= 15 is 0 Å². The van der Waals surface area contributed by atoms with Gasteiger partial charge in [0.2, 0.25) is 5.91 Å². The van der Waals surface area contributed by atoms with Gasteiger partial charge in [-0.3, -0.25) is 9.36 Å². The SMILES string of the molecule is C=CCn1c(SC(C)C(=O)NCc2ccc(OC)cc2)nnc1-c1ccoc1C. The number of amides is 1. The minimum atomic E-state index is -0.334. The van der Waals surface area contributed by atoms with Crippen molar-refractivity contribution in [1.29, 1.82) is 0 Å². The van der Waals surface area contributed by atoms with Crippen LogP contribution in [0.1, 0.15) is 18.2 Å². The van der Waals surface area contributed by atoms with Gasteiger partial charge in [0.25, 0.3) is 0 Å². The summed E-state index contributed by atoms with van der Waals surface area (Å²) in [5, 5.41) is 11.9. The summed E-state index contributed by atoms with van der Waals surface area (Å²) in [6.45, 7) is 8.53. The van der Waals surface area contributed by atoms with Crippen molar-refractivity contribution in [1.82, 2.24) is 20.1 Å². The first-order valence-electron chi connectivity index (χ1n) is 9.19. The van der Waals surface area contributed by atoms with E-state index < -0.39 is 0 Å². The fourth-order valence-electron chi connectivity index (χ4n) is 2.77. The van der Waals surface area contributed by atoms with E-state index in [2.05, 4.69) is 22.1 Å². The number of hydrogen-bond acceptors (Lipinski definition) is 6. The fraction of sp³-hybridized carbons (Fsp3) is 0.286. The van der Waals surface area contributed by atoms with Gasteiger partial charge in [0.1, 0.15) is 11.5 Å². The van der Waals surface area contributed by atoms with Crippen LogP contribution in [-0.4, -0.2) is 33.0 Å². The monoisotopic (exact) mass is 412 g/mol. The first-order chi connectivity index (χ1) is 14.0. The molecular weight excluding hydrogens is 388 g/mol. The standard InChI is InChI=1S/C21H24N4O3S/c1-5-11-25-19(18-10-12-28-14(18)2)23-24-21(25)29-15(3)20(26)22-13-16-6-8-17(27-4)9-7-16/h5-10,12,15H,1,11,13H2,2-4H3,(H,22,26). The number of thioether (sulfide) groups is 1. The minimum absolute atomic E-state index is 0.0694. The fourth-order valence-corrected chi connectivity index (χ4v) is 3.66. The van der Waals surface area contributed by atoms with Gasteiger partial charge in [-0.15, -0.1) is 16.8 Å². The molecule has 1 amide bonds. The molecule has 3 aromatic rings. The van der Waals surface area contributed by atoms with Gasteiger partial charge in [0, 0.05) is 13.1 Å². The van der Waals surface area contributed by atoms with E-state index in [0.717, 1.165) is 22.6 Å². The molecule has 8 heteroatoms. The third-order valence-corrected chi connectivity index (χ3v) is 5.49. The number of rotatable bonds is 9. The number of furan rings is 1. The van der Waals surface area contributed by atoms with Crippen LogP contribution in [0.2, 0.25) is 0 Å². The minimum Gasteiger partial charge on any atom is -0.497 e. The van der Waals surface area contributed by atoms with E-state index in [1.54, 1.807) is 19.4 Å². The number of aryl methyl sites for hydroxylation is 1. The van der Waals surface area contributed by atoms with Gasteiger partial charge in [-0.25, -0.2) is 0 Å². The normalized spacial score (nSPS) is 11.8. The van der Waals surface area contributed by atoms with E-state index in [1.165, 1.54) is 11.8 Å². The van der Waals surface area contributed by atoms with Gasteiger partial charge in [0.05, 0.1) is 24.2 Å². The molecule has 2 aromatic heterocycles. The number of nitrogens with one attached hydrogen (secondary N) is 1. The second-order valence-electron chi connectivity index (χ2n) is 6.42. The van der Waals surface area contributed by atoms with Crippen molar-refractivity contribution in [3.8, 4) is 17.1 Å². The van der Waals surface area contributed by atoms with E-state index in [4.69, 9.17) is 9.15 Å². The van der Waals surface area contributed by atoms with Crippen molar-refractivity contribution in [2.24, 2.45) is 0 Å². The van der Waals surface area contributed by atoms with Crippen LogP contribution < -0.4 is 10.1 Å². The molecule has 0 bridgehead atoms. The number of nitrogens with zero attached hydrogens (tertiary/aromatic N) is 3.